The molecule has 0 fully saturated rings. The molecule has 1 heterocycles. The molecule has 5 nitrogen and oxygen atoms in total. The van der Waals surface area contributed by atoms with Crippen LogP contribution in [-0.4, -0.2) is 13.4 Å². The van der Waals surface area contributed by atoms with Gasteiger partial charge in [0.25, 0.3) is 10.0 Å². The van der Waals surface area contributed by atoms with Crippen molar-refractivity contribution in [2.45, 2.75) is 18.7 Å². The monoisotopic (exact) mass is 380 g/mol. The van der Waals surface area contributed by atoms with Crippen molar-refractivity contribution in [3.63, 3.8) is 0 Å². The van der Waals surface area contributed by atoms with Gasteiger partial charge in [-0.05, 0) is 48.9 Å². The average Bonchev–Trinajstić information content (AvgIpc) is 2.80. The number of rotatable bonds is 3. The van der Waals surface area contributed by atoms with E-state index in [4.69, 9.17) is 4.42 Å². The van der Waals surface area contributed by atoms with Gasteiger partial charge in [0.15, 0.2) is 11.5 Å². The number of nitrogens with zero attached hydrogens (tertiary/aromatic N) is 1. The summed E-state index contributed by atoms with van der Waals surface area (Å²) in [5.74, 6) is 0.540. The molecular formula is C15H13BrN2O3S. The normalized spacial score (nSPS) is 11.8. The van der Waals surface area contributed by atoms with E-state index in [1.807, 2.05) is 6.92 Å². The molecule has 0 atom stereocenters. The van der Waals surface area contributed by atoms with Crippen LogP contribution in [0.25, 0.3) is 11.1 Å². The Labute approximate surface area is 136 Å². The molecule has 0 saturated carbocycles. The van der Waals surface area contributed by atoms with Crippen molar-refractivity contribution in [1.82, 2.24) is 4.98 Å². The lowest BCUT2D eigenvalue weighted by molar-refractivity contribution is 0.561. The van der Waals surface area contributed by atoms with E-state index in [-0.39, 0.29) is 4.90 Å². The van der Waals surface area contributed by atoms with Gasteiger partial charge in [0.1, 0.15) is 5.52 Å². The maximum atomic E-state index is 12.4. The summed E-state index contributed by atoms with van der Waals surface area (Å²) in [6.07, 6.45) is 0. The van der Waals surface area contributed by atoms with E-state index < -0.39 is 10.0 Å². The highest BCUT2D eigenvalue weighted by atomic mass is 79.9. The third-order valence-corrected chi connectivity index (χ3v) is 5.46. The molecule has 0 unspecified atom stereocenters. The van der Waals surface area contributed by atoms with E-state index in [0.29, 0.717) is 22.7 Å². The van der Waals surface area contributed by atoms with Gasteiger partial charge < -0.3 is 4.42 Å². The molecular weight excluding hydrogens is 368 g/mol. The molecule has 22 heavy (non-hydrogen) atoms. The highest BCUT2D eigenvalue weighted by Gasteiger charge is 2.16. The summed E-state index contributed by atoms with van der Waals surface area (Å²) < 4.78 is 33.7. The number of halogens is 1. The number of sulfonamides is 1. The zero-order chi connectivity index (χ0) is 15.9. The van der Waals surface area contributed by atoms with E-state index in [2.05, 4.69) is 25.6 Å². The van der Waals surface area contributed by atoms with Gasteiger partial charge in [-0.15, -0.1) is 0 Å². The molecule has 1 N–H and O–H groups in total. The van der Waals surface area contributed by atoms with Crippen LogP contribution in [0, 0.1) is 13.8 Å². The van der Waals surface area contributed by atoms with Crippen LogP contribution in [0.15, 0.2) is 50.2 Å². The number of benzene rings is 2. The topological polar surface area (TPSA) is 72.2 Å². The number of oxazole rings is 1. The summed E-state index contributed by atoms with van der Waals surface area (Å²) in [6, 6.07) is 9.88. The van der Waals surface area contributed by atoms with Gasteiger partial charge in [0, 0.05) is 11.4 Å². The van der Waals surface area contributed by atoms with E-state index in [1.54, 1.807) is 43.3 Å². The number of hydrogen-bond donors (Lipinski definition) is 1. The largest absolute Gasteiger partial charge is 0.441 e. The Balaban J connectivity index is 1.96. The maximum absolute atomic E-state index is 12.4. The number of aryl methyl sites for hydroxylation is 2. The van der Waals surface area contributed by atoms with Gasteiger partial charge in [-0.3, -0.25) is 4.72 Å². The number of nitrogens with one attached hydrogen (secondary N) is 1. The molecule has 0 aliphatic rings. The zero-order valence-corrected chi connectivity index (χ0v) is 14.3. The summed E-state index contributed by atoms with van der Waals surface area (Å²) in [7, 11) is -3.64. The van der Waals surface area contributed by atoms with Crippen molar-refractivity contribution in [3.05, 3.63) is 52.3 Å². The van der Waals surface area contributed by atoms with E-state index in [0.717, 1.165) is 10.0 Å². The lowest BCUT2D eigenvalue weighted by Crippen LogP contribution is -2.13. The number of anilines is 1. The van der Waals surface area contributed by atoms with Gasteiger partial charge in [-0.25, -0.2) is 13.4 Å². The minimum Gasteiger partial charge on any atom is -0.441 e. The van der Waals surface area contributed by atoms with Crippen molar-refractivity contribution in [3.8, 4) is 0 Å². The molecule has 0 spiro atoms. The van der Waals surface area contributed by atoms with Crippen LogP contribution in [0.3, 0.4) is 0 Å². The standard InChI is InChI=1S/C15H13BrN2O3S/c1-9-7-12(4-5-13(9)16)22(19,20)18-11-3-6-15-14(8-11)17-10(2)21-15/h3-8,18H,1-2H3. The minimum atomic E-state index is -3.64. The first-order chi connectivity index (χ1) is 10.3. The van der Waals surface area contributed by atoms with Crippen molar-refractivity contribution < 1.29 is 12.8 Å². The van der Waals surface area contributed by atoms with E-state index in [1.165, 1.54) is 0 Å². The second-order valence-electron chi connectivity index (χ2n) is 4.93. The zero-order valence-electron chi connectivity index (χ0n) is 11.9. The Morgan fingerprint density at radius 2 is 1.91 bits per heavy atom. The Kier molecular flexibility index (Phi) is 3.70. The predicted molar refractivity (Wildman–Crippen MR) is 88.4 cm³/mol. The Hall–Kier alpha value is -1.86. The molecule has 0 bridgehead atoms. The lowest BCUT2D eigenvalue weighted by Gasteiger charge is -2.09. The van der Waals surface area contributed by atoms with Crippen LogP contribution >= 0.6 is 15.9 Å². The second-order valence-corrected chi connectivity index (χ2v) is 7.47. The summed E-state index contributed by atoms with van der Waals surface area (Å²) >= 11 is 3.36. The van der Waals surface area contributed by atoms with Crippen LogP contribution in [0.4, 0.5) is 5.69 Å². The van der Waals surface area contributed by atoms with Gasteiger partial charge in [-0.2, -0.15) is 0 Å². The van der Waals surface area contributed by atoms with Crippen LogP contribution in [0.2, 0.25) is 0 Å². The smallest absolute Gasteiger partial charge is 0.261 e. The summed E-state index contributed by atoms with van der Waals surface area (Å²) in [5.41, 5.74) is 2.54. The SMILES string of the molecule is Cc1nc2cc(NS(=O)(=O)c3ccc(Br)c(C)c3)ccc2o1. The highest BCUT2D eigenvalue weighted by Crippen LogP contribution is 2.24. The molecule has 1 aromatic heterocycles. The first-order valence-electron chi connectivity index (χ1n) is 6.51. The molecule has 2 aromatic carbocycles. The number of hydrogen-bond acceptors (Lipinski definition) is 4. The molecule has 0 amide bonds. The molecule has 0 aliphatic carbocycles. The van der Waals surface area contributed by atoms with Crippen LogP contribution in [0.1, 0.15) is 11.5 Å². The van der Waals surface area contributed by atoms with E-state index >= 15 is 0 Å². The summed E-state index contributed by atoms with van der Waals surface area (Å²) in [6.45, 7) is 3.59. The molecule has 0 radical (unpaired) electrons. The second kappa shape index (κ2) is 5.40. The van der Waals surface area contributed by atoms with Crippen LogP contribution in [-0.2, 0) is 10.0 Å². The molecule has 3 rings (SSSR count). The third-order valence-electron chi connectivity index (χ3n) is 3.19. The Morgan fingerprint density at radius 3 is 2.64 bits per heavy atom. The average molecular weight is 381 g/mol. The first kappa shape index (κ1) is 15.1. The third kappa shape index (κ3) is 2.86. The Morgan fingerprint density at radius 1 is 1.14 bits per heavy atom. The van der Waals surface area contributed by atoms with Gasteiger partial charge in [0.2, 0.25) is 0 Å². The molecule has 0 aliphatic heterocycles. The van der Waals surface area contributed by atoms with Crippen molar-refractivity contribution in [1.29, 1.82) is 0 Å². The minimum absolute atomic E-state index is 0.213. The molecule has 7 heteroatoms. The quantitative estimate of drug-likeness (QED) is 0.744. The highest BCUT2D eigenvalue weighted by molar-refractivity contribution is 9.10. The fourth-order valence-electron chi connectivity index (χ4n) is 2.10. The van der Waals surface area contributed by atoms with E-state index in [9.17, 15) is 8.42 Å². The molecule has 0 saturated heterocycles. The summed E-state index contributed by atoms with van der Waals surface area (Å²) in [5, 5.41) is 0. The lowest BCUT2D eigenvalue weighted by atomic mass is 10.2. The van der Waals surface area contributed by atoms with Gasteiger partial charge >= 0.3 is 0 Å². The van der Waals surface area contributed by atoms with Crippen molar-refractivity contribution >= 4 is 42.7 Å². The molecule has 3 aromatic rings. The van der Waals surface area contributed by atoms with Gasteiger partial charge in [0.05, 0.1) is 10.6 Å². The fourth-order valence-corrected chi connectivity index (χ4v) is 3.49. The van der Waals surface area contributed by atoms with Gasteiger partial charge in [-0.1, -0.05) is 15.9 Å². The summed E-state index contributed by atoms with van der Waals surface area (Å²) in [4.78, 5) is 4.41. The van der Waals surface area contributed by atoms with Crippen LogP contribution in [0.5, 0.6) is 0 Å². The van der Waals surface area contributed by atoms with Crippen molar-refractivity contribution in [2.24, 2.45) is 0 Å². The number of aromatic nitrogens is 1. The maximum Gasteiger partial charge on any atom is 0.261 e. The Bertz CT molecular complexity index is 964. The molecule has 114 valence electrons. The fraction of sp³-hybridized carbons (Fsp3) is 0.133. The first-order valence-corrected chi connectivity index (χ1v) is 8.79. The predicted octanol–water partition coefficient (Wildman–Crippen LogP) is 4.01. The number of fused-ring (bicyclic) bond motifs is 1. The van der Waals surface area contributed by atoms with Crippen LogP contribution < -0.4 is 4.72 Å². The van der Waals surface area contributed by atoms with Crippen molar-refractivity contribution in [2.75, 3.05) is 4.72 Å².